The Kier molecular flexibility index (Phi) is 15.4. The van der Waals surface area contributed by atoms with E-state index in [0.29, 0.717) is 22.9 Å². The maximum atomic E-state index is 13.6. The molecular weight excluding hydrogens is 721 g/mol. The number of benzene rings is 2. The third-order valence-corrected chi connectivity index (χ3v) is 10.2. The Morgan fingerprint density at radius 1 is 0.800 bits per heavy atom. The summed E-state index contributed by atoms with van der Waals surface area (Å²) in [5, 5.41) is 16.8. The number of thiophene rings is 1. The number of carbonyl (C=O) groups is 5. The number of hydrogen-bond donors (Lipinski definition) is 5. The number of ether oxygens (including phenoxy) is 1. The minimum Gasteiger partial charge on any atom is -0.494 e. The van der Waals surface area contributed by atoms with Gasteiger partial charge in [-0.05, 0) is 47.2 Å². The molecule has 4 aromatic rings. The van der Waals surface area contributed by atoms with E-state index in [9.17, 15) is 29.1 Å². The van der Waals surface area contributed by atoms with E-state index in [-0.39, 0.29) is 11.8 Å². The number of aliphatic carboxylic acids is 1. The molecule has 0 radical (unpaired) electrons. The molecule has 0 saturated heterocycles. The summed E-state index contributed by atoms with van der Waals surface area (Å²) in [6.45, 7) is 8.43. The lowest BCUT2D eigenvalue weighted by Crippen LogP contribution is -2.55. The topological polar surface area (TPSA) is 203 Å². The van der Waals surface area contributed by atoms with Crippen molar-refractivity contribution in [3.05, 3.63) is 88.4 Å². The molecular formula is C41H50N6O7S. The van der Waals surface area contributed by atoms with Crippen molar-refractivity contribution in [3.8, 4) is 28.3 Å². The summed E-state index contributed by atoms with van der Waals surface area (Å²) in [7, 11) is 0. The Hall–Kier alpha value is -5.63. The van der Waals surface area contributed by atoms with Crippen molar-refractivity contribution >= 4 is 40.9 Å². The molecule has 2 aromatic heterocycles. The minimum atomic E-state index is -1.53. The molecule has 2 heterocycles. The largest absolute Gasteiger partial charge is 0.494 e. The van der Waals surface area contributed by atoms with Gasteiger partial charge in [0.1, 0.15) is 17.8 Å². The normalized spacial score (nSPS) is 12.3. The van der Waals surface area contributed by atoms with Crippen LogP contribution in [0.3, 0.4) is 0 Å². The lowest BCUT2D eigenvalue weighted by atomic mass is 9.95. The van der Waals surface area contributed by atoms with E-state index >= 15 is 0 Å². The Labute approximate surface area is 325 Å². The molecule has 4 rings (SSSR count). The first-order valence-corrected chi connectivity index (χ1v) is 19.2. The van der Waals surface area contributed by atoms with Gasteiger partial charge in [0.2, 0.25) is 17.7 Å². The number of aromatic nitrogens is 2. The van der Waals surface area contributed by atoms with Crippen molar-refractivity contribution in [2.75, 3.05) is 13.2 Å². The SMILES string of the molecule is CCCCCCCOc1ccc(-c2cnc(-c3ccc(CC(NC(=O)c4ccc(C(C)(C)C)s4)C(=O)NC(CC(=O)O)C(=O)NCC(N)=O)cc3)nc2)cc1. The van der Waals surface area contributed by atoms with Gasteiger partial charge >= 0.3 is 5.97 Å². The number of nitrogens with one attached hydrogen (secondary N) is 3. The first-order chi connectivity index (χ1) is 26.2. The lowest BCUT2D eigenvalue weighted by molar-refractivity contribution is -0.140. The van der Waals surface area contributed by atoms with E-state index in [0.717, 1.165) is 33.7 Å². The maximum Gasteiger partial charge on any atom is 0.305 e. The second kappa shape index (κ2) is 20.2. The second-order valence-electron chi connectivity index (χ2n) is 14.3. The Balaban J connectivity index is 1.46. The van der Waals surface area contributed by atoms with E-state index in [1.165, 1.54) is 37.0 Å². The first kappa shape index (κ1) is 42.1. The van der Waals surface area contributed by atoms with Gasteiger partial charge in [0, 0.05) is 34.8 Å². The van der Waals surface area contributed by atoms with E-state index in [1.807, 2.05) is 51.1 Å². The highest BCUT2D eigenvalue weighted by molar-refractivity contribution is 7.14. The number of nitrogens with two attached hydrogens (primary N) is 1. The monoisotopic (exact) mass is 770 g/mol. The van der Waals surface area contributed by atoms with Crippen molar-refractivity contribution in [1.29, 1.82) is 0 Å². The molecule has 55 heavy (non-hydrogen) atoms. The summed E-state index contributed by atoms with van der Waals surface area (Å²) >= 11 is 1.30. The quantitative estimate of drug-likeness (QED) is 0.0728. The van der Waals surface area contributed by atoms with Gasteiger partial charge in [-0.2, -0.15) is 0 Å². The van der Waals surface area contributed by atoms with Crippen molar-refractivity contribution < 1.29 is 33.8 Å². The molecule has 0 aliphatic rings. The van der Waals surface area contributed by atoms with Gasteiger partial charge < -0.3 is 31.5 Å². The van der Waals surface area contributed by atoms with Crippen LogP contribution in [0, 0.1) is 0 Å². The Morgan fingerprint density at radius 3 is 2.05 bits per heavy atom. The molecule has 2 atom stereocenters. The van der Waals surface area contributed by atoms with Gasteiger partial charge in [-0.3, -0.25) is 24.0 Å². The van der Waals surface area contributed by atoms with Crippen LogP contribution in [0.5, 0.6) is 5.75 Å². The molecule has 0 bridgehead atoms. The summed E-state index contributed by atoms with van der Waals surface area (Å²) < 4.78 is 5.88. The standard InChI is InChI=1S/C41H50N6O7S/c1-5-6-7-8-9-20-54-30-16-14-27(15-17-30)29-23-43-37(44-24-29)28-12-10-26(11-13-28)21-31(47-40(53)33-18-19-34(55-33)41(2,3)4)39(52)46-32(22-36(49)50)38(51)45-25-35(42)48/h10-19,23-24,31-32H,5-9,20-22,25H2,1-4H3,(H2,42,48)(H,45,51)(H,46,52)(H,47,53)(H,49,50). The zero-order valence-corrected chi connectivity index (χ0v) is 32.5. The number of amides is 4. The fourth-order valence-corrected chi connectivity index (χ4v) is 6.51. The van der Waals surface area contributed by atoms with Crippen molar-refractivity contribution in [1.82, 2.24) is 25.9 Å². The number of carboxylic acid groups (broad SMARTS) is 1. The van der Waals surface area contributed by atoms with Crippen LogP contribution >= 0.6 is 11.3 Å². The maximum absolute atomic E-state index is 13.6. The van der Waals surface area contributed by atoms with Crippen LogP contribution in [-0.4, -0.2) is 69.9 Å². The average molecular weight is 771 g/mol. The molecule has 2 aromatic carbocycles. The molecule has 2 unspecified atom stereocenters. The summed E-state index contributed by atoms with van der Waals surface area (Å²) in [6.07, 6.45) is 8.65. The van der Waals surface area contributed by atoms with Gasteiger partial charge in [0.15, 0.2) is 5.82 Å². The smallest absolute Gasteiger partial charge is 0.305 e. The van der Waals surface area contributed by atoms with Crippen LogP contribution < -0.4 is 26.4 Å². The molecule has 14 heteroatoms. The highest BCUT2D eigenvalue weighted by atomic mass is 32.1. The molecule has 0 fully saturated rings. The van der Waals surface area contributed by atoms with Crippen LogP contribution in [0.1, 0.15) is 86.3 Å². The molecule has 0 aliphatic heterocycles. The van der Waals surface area contributed by atoms with Gasteiger partial charge in [0.05, 0.1) is 24.4 Å². The second-order valence-corrected chi connectivity index (χ2v) is 15.4. The summed E-state index contributed by atoms with van der Waals surface area (Å²) in [4.78, 5) is 73.0. The molecule has 292 valence electrons. The summed E-state index contributed by atoms with van der Waals surface area (Å²) in [5.41, 5.74) is 8.11. The number of carboxylic acids is 1. The average Bonchev–Trinajstić information content (AvgIpc) is 3.67. The zero-order valence-electron chi connectivity index (χ0n) is 31.7. The van der Waals surface area contributed by atoms with E-state index in [2.05, 4.69) is 32.8 Å². The molecule has 0 saturated carbocycles. The van der Waals surface area contributed by atoms with Gasteiger partial charge in [0.25, 0.3) is 5.91 Å². The summed E-state index contributed by atoms with van der Waals surface area (Å²) in [5.74, 6) is -3.07. The van der Waals surface area contributed by atoms with Crippen LogP contribution in [0.15, 0.2) is 73.1 Å². The number of unbranched alkanes of at least 4 members (excludes halogenated alkanes) is 4. The molecule has 6 N–H and O–H groups in total. The number of nitrogens with zero attached hydrogens (tertiary/aromatic N) is 2. The molecule has 13 nitrogen and oxygen atoms in total. The van der Waals surface area contributed by atoms with E-state index < -0.39 is 54.6 Å². The van der Waals surface area contributed by atoms with E-state index in [1.54, 1.807) is 42.7 Å². The fourth-order valence-electron chi connectivity index (χ4n) is 5.55. The van der Waals surface area contributed by atoms with Crippen LogP contribution in [-0.2, 0) is 31.0 Å². The Morgan fingerprint density at radius 2 is 1.45 bits per heavy atom. The Bertz CT molecular complexity index is 1910. The molecule has 0 aliphatic carbocycles. The predicted molar refractivity (Wildman–Crippen MR) is 212 cm³/mol. The third-order valence-electron chi connectivity index (χ3n) is 8.65. The highest BCUT2D eigenvalue weighted by Gasteiger charge is 2.30. The van der Waals surface area contributed by atoms with Crippen molar-refractivity contribution in [3.63, 3.8) is 0 Å². The van der Waals surface area contributed by atoms with Gasteiger partial charge in [-0.25, -0.2) is 9.97 Å². The lowest BCUT2D eigenvalue weighted by Gasteiger charge is -2.22. The first-order valence-electron chi connectivity index (χ1n) is 18.4. The minimum absolute atomic E-state index is 0.0103. The highest BCUT2D eigenvalue weighted by Crippen LogP contribution is 2.29. The van der Waals surface area contributed by atoms with Crippen LogP contribution in [0.25, 0.3) is 22.5 Å². The van der Waals surface area contributed by atoms with Crippen molar-refractivity contribution in [2.24, 2.45) is 5.73 Å². The third kappa shape index (κ3) is 13.3. The molecule has 4 amide bonds. The van der Waals surface area contributed by atoms with Crippen molar-refractivity contribution in [2.45, 2.75) is 90.1 Å². The number of primary amides is 1. The summed E-state index contributed by atoms with van der Waals surface area (Å²) in [6, 6.07) is 15.8. The molecule has 0 spiro atoms. The van der Waals surface area contributed by atoms with Gasteiger partial charge in [-0.15, -0.1) is 11.3 Å². The van der Waals surface area contributed by atoms with E-state index in [4.69, 9.17) is 10.5 Å². The number of carbonyl (C=O) groups excluding carboxylic acids is 4. The van der Waals surface area contributed by atoms with Crippen LogP contribution in [0.4, 0.5) is 0 Å². The number of rotatable bonds is 20. The van der Waals surface area contributed by atoms with Crippen LogP contribution in [0.2, 0.25) is 0 Å². The number of hydrogen-bond acceptors (Lipinski definition) is 9. The predicted octanol–water partition coefficient (Wildman–Crippen LogP) is 5.42. The zero-order chi connectivity index (χ0) is 40.0. The fraction of sp³-hybridized carbons (Fsp3) is 0.390. The van der Waals surface area contributed by atoms with Gasteiger partial charge in [-0.1, -0.05) is 89.8 Å².